The Balaban J connectivity index is 2.13. The molecule has 1 aromatic rings. The third-order valence-electron chi connectivity index (χ3n) is 3.42. The summed E-state index contributed by atoms with van der Waals surface area (Å²) < 4.78 is 29.6. The van der Waals surface area contributed by atoms with Crippen molar-refractivity contribution in [1.29, 1.82) is 0 Å². The molecule has 0 radical (unpaired) electrons. The maximum absolute atomic E-state index is 12.2. The number of nitrogens with zero attached hydrogens (tertiary/aromatic N) is 1. The molecule has 1 aliphatic rings. The van der Waals surface area contributed by atoms with Crippen LogP contribution in [-0.4, -0.2) is 25.7 Å². The Labute approximate surface area is 123 Å². The summed E-state index contributed by atoms with van der Waals surface area (Å²) in [6, 6.07) is 6.25. The van der Waals surface area contributed by atoms with Crippen LogP contribution in [0.5, 0.6) is 0 Å². The number of hydrogen-bond acceptors (Lipinski definition) is 6. The summed E-state index contributed by atoms with van der Waals surface area (Å²) in [5, 5.41) is 9.57. The third-order valence-corrected chi connectivity index (χ3v) is 4.77. The zero-order chi connectivity index (χ0) is 15.5. The van der Waals surface area contributed by atoms with Gasteiger partial charge in [0.1, 0.15) is 12.2 Å². The van der Waals surface area contributed by atoms with Crippen molar-refractivity contribution in [3.05, 3.63) is 39.9 Å². The van der Waals surface area contributed by atoms with Crippen molar-refractivity contribution in [2.45, 2.75) is 49.7 Å². The van der Waals surface area contributed by atoms with Gasteiger partial charge in [0.15, 0.2) is 0 Å². The summed E-state index contributed by atoms with van der Waals surface area (Å²) in [5.41, 5.74) is 0.932. The fourth-order valence-electron chi connectivity index (χ4n) is 2.33. The molecule has 0 amide bonds. The van der Waals surface area contributed by atoms with E-state index >= 15 is 0 Å². The summed E-state index contributed by atoms with van der Waals surface area (Å²) in [5.74, 6) is 0. The molecule has 0 aromatic heterocycles. The Bertz CT molecular complexity index is 598. The Morgan fingerprint density at radius 3 is 2.29 bits per heavy atom. The molecule has 2 atom stereocenters. The lowest BCUT2D eigenvalue weighted by molar-refractivity contribution is -0.771. The van der Waals surface area contributed by atoms with Gasteiger partial charge in [-0.15, -0.1) is 10.1 Å². The van der Waals surface area contributed by atoms with E-state index in [2.05, 4.69) is 4.84 Å². The average molecular weight is 315 g/mol. The Morgan fingerprint density at radius 2 is 1.71 bits per heavy atom. The lowest BCUT2D eigenvalue weighted by atomic mass is 9.95. The van der Waals surface area contributed by atoms with Crippen molar-refractivity contribution < 1.29 is 22.5 Å². The van der Waals surface area contributed by atoms with Crippen LogP contribution in [0.4, 0.5) is 0 Å². The molecule has 0 bridgehead atoms. The van der Waals surface area contributed by atoms with Crippen molar-refractivity contribution in [2.75, 3.05) is 0 Å². The van der Waals surface area contributed by atoms with E-state index in [1.165, 1.54) is 12.1 Å². The molecule has 0 spiro atoms. The minimum absolute atomic E-state index is 0.0403. The summed E-state index contributed by atoms with van der Waals surface area (Å²) in [7, 11) is -3.95. The highest BCUT2D eigenvalue weighted by atomic mass is 32.2. The standard InChI is InChI=1S/C13H17NO6S/c1-10-6-8-11(9-7-10)21(17,18)20-13-5-3-2-4-12(13)19-14(15)16/h6-9,12-13H,2-5H2,1H3/t12-,13-/m1/s1. The van der Waals surface area contributed by atoms with Gasteiger partial charge >= 0.3 is 0 Å². The van der Waals surface area contributed by atoms with Crippen LogP contribution in [-0.2, 0) is 19.1 Å². The molecule has 0 saturated heterocycles. The van der Waals surface area contributed by atoms with Crippen molar-refractivity contribution in [3.8, 4) is 0 Å². The first-order chi connectivity index (χ1) is 9.88. The van der Waals surface area contributed by atoms with Gasteiger partial charge in [0.05, 0.1) is 4.90 Å². The molecule has 0 unspecified atom stereocenters. The first-order valence-electron chi connectivity index (χ1n) is 6.69. The molecule has 7 nitrogen and oxygen atoms in total. The minimum Gasteiger partial charge on any atom is -0.308 e. The topological polar surface area (TPSA) is 95.7 Å². The van der Waals surface area contributed by atoms with E-state index in [4.69, 9.17) is 4.18 Å². The quantitative estimate of drug-likeness (QED) is 0.469. The minimum atomic E-state index is -3.95. The van der Waals surface area contributed by atoms with Crippen LogP contribution < -0.4 is 0 Å². The summed E-state index contributed by atoms with van der Waals surface area (Å²) >= 11 is 0. The first-order valence-corrected chi connectivity index (χ1v) is 8.10. The maximum atomic E-state index is 12.2. The Hall–Kier alpha value is -1.67. The van der Waals surface area contributed by atoms with Crippen molar-refractivity contribution in [3.63, 3.8) is 0 Å². The zero-order valence-electron chi connectivity index (χ0n) is 11.6. The van der Waals surface area contributed by atoms with E-state index in [9.17, 15) is 18.5 Å². The molecule has 0 aliphatic heterocycles. The monoisotopic (exact) mass is 315 g/mol. The molecule has 1 aromatic carbocycles. The van der Waals surface area contributed by atoms with Gasteiger partial charge in [0.2, 0.25) is 0 Å². The van der Waals surface area contributed by atoms with E-state index in [-0.39, 0.29) is 4.90 Å². The van der Waals surface area contributed by atoms with Gasteiger partial charge < -0.3 is 4.84 Å². The van der Waals surface area contributed by atoms with Crippen LogP contribution in [0.1, 0.15) is 31.2 Å². The van der Waals surface area contributed by atoms with Crippen LogP contribution in [0.15, 0.2) is 29.2 Å². The molecule has 116 valence electrons. The van der Waals surface area contributed by atoms with E-state index in [0.29, 0.717) is 12.8 Å². The SMILES string of the molecule is Cc1ccc(S(=O)(=O)O[C@@H]2CCCC[C@H]2O[N+](=O)[O-])cc1. The number of hydrogen-bond donors (Lipinski definition) is 0. The van der Waals surface area contributed by atoms with Crippen LogP contribution in [0.3, 0.4) is 0 Å². The largest absolute Gasteiger partial charge is 0.308 e. The van der Waals surface area contributed by atoms with Crippen LogP contribution in [0.25, 0.3) is 0 Å². The smallest absolute Gasteiger partial charge is 0.297 e. The number of benzene rings is 1. The van der Waals surface area contributed by atoms with Crippen molar-refractivity contribution in [1.82, 2.24) is 0 Å². The molecule has 1 fully saturated rings. The third kappa shape index (κ3) is 4.15. The van der Waals surface area contributed by atoms with Gasteiger partial charge in [0.25, 0.3) is 15.2 Å². The molecule has 0 N–H and O–H groups in total. The van der Waals surface area contributed by atoms with E-state index in [0.717, 1.165) is 18.4 Å². The lowest BCUT2D eigenvalue weighted by Crippen LogP contribution is -2.37. The van der Waals surface area contributed by atoms with Crippen molar-refractivity contribution in [2.24, 2.45) is 0 Å². The van der Waals surface area contributed by atoms with Gasteiger partial charge in [-0.3, -0.25) is 4.18 Å². The summed E-state index contributed by atoms with van der Waals surface area (Å²) in [6.07, 6.45) is 0.678. The summed E-state index contributed by atoms with van der Waals surface area (Å²) in [4.78, 5) is 15.0. The Morgan fingerprint density at radius 1 is 1.14 bits per heavy atom. The van der Waals surface area contributed by atoms with Crippen LogP contribution in [0.2, 0.25) is 0 Å². The summed E-state index contributed by atoms with van der Waals surface area (Å²) in [6.45, 7) is 1.85. The normalized spacial score (nSPS) is 22.7. The second-order valence-electron chi connectivity index (χ2n) is 5.05. The maximum Gasteiger partial charge on any atom is 0.297 e. The molecular formula is C13H17NO6S. The van der Waals surface area contributed by atoms with E-state index in [1.807, 2.05) is 6.92 Å². The molecule has 0 heterocycles. The predicted octanol–water partition coefficient (Wildman–Crippen LogP) is 2.22. The fraction of sp³-hybridized carbons (Fsp3) is 0.538. The molecule has 21 heavy (non-hydrogen) atoms. The predicted molar refractivity (Wildman–Crippen MR) is 73.6 cm³/mol. The first kappa shape index (κ1) is 15.7. The Kier molecular flexibility index (Phi) is 4.79. The lowest BCUT2D eigenvalue weighted by Gasteiger charge is -2.28. The molecule has 8 heteroatoms. The number of rotatable bonds is 5. The second kappa shape index (κ2) is 6.40. The van der Waals surface area contributed by atoms with Crippen LogP contribution >= 0.6 is 0 Å². The van der Waals surface area contributed by atoms with Gasteiger partial charge in [-0.1, -0.05) is 30.5 Å². The molecule has 1 saturated carbocycles. The van der Waals surface area contributed by atoms with Gasteiger partial charge in [0, 0.05) is 0 Å². The number of aryl methyl sites for hydroxylation is 1. The highest BCUT2D eigenvalue weighted by Gasteiger charge is 2.33. The molecular weight excluding hydrogens is 298 g/mol. The fourth-order valence-corrected chi connectivity index (χ4v) is 3.45. The van der Waals surface area contributed by atoms with E-state index < -0.39 is 27.4 Å². The molecule has 1 aliphatic carbocycles. The highest BCUT2D eigenvalue weighted by molar-refractivity contribution is 7.86. The van der Waals surface area contributed by atoms with Crippen molar-refractivity contribution >= 4 is 10.1 Å². The highest BCUT2D eigenvalue weighted by Crippen LogP contribution is 2.27. The zero-order valence-corrected chi connectivity index (χ0v) is 12.4. The van der Waals surface area contributed by atoms with E-state index in [1.54, 1.807) is 12.1 Å². The van der Waals surface area contributed by atoms with Gasteiger partial charge in [-0.25, -0.2) is 0 Å². The molecule has 2 rings (SSSR count). The average Bonchev–Trinajstić information content (AvgIpc) is 2.40. The van der Waals surface area contributed by atoms with Crippen LogP contribution in [0, 0.1) is 17.0 Å². The second-order valence-corrected chi connectivity index (χ2v) is 6.63. The van der Waals surface area contributed by atoms with Gasteiger partial charge in [-0.05, 0) is 31.9 Å². The van der Waals surface area contributed by atoms with Gasteiger partial charge in [-0.2, -0.15) is 8.42 Å².